The molecule has 1 unspecified atom stereocenters. The zero-order valence-corrected chi connectivity index (χ0v) is 12.0. The largest absolute Gasteiger partial charge is 0.395 e. The molecule has 1 aliphatic carbocycles. The molecule has 0 amide bonds. The van der Waals surface area contributed by atoms with Crippen LogP contribution in [0.3, 0.4) is 0 Å². The maximum Gasteiger partial charge on any atom is 0.214 e. The highest BCUT2D eigenvalue weighted by Crippen LogP contribution is 2.34. The Morgan fingerprint density at radius 1 is 1.42 bits per heavy atom. The molecule has 19 heavy (non-hydrogen) atoms. The second kappa shape index (κ2) is 6.03. The number of nitrogens with one attached hydrogen (secondary N) is 1. The maximum absolute atomic E-state index is 11.7. The average Bonchev–Trinajstić information content (AvgIpc) is 2.73. The van der Waals surface area contributed by atoms with E-state index in [4.69, 9.17) is 5.11 Å². The van der Waals surface area contributed by atoms with E-state index < -0.39 is 10.0 Å². The molecule has 1 aromatic carbocycles. The van der Waals surface area contributed by atoms with Crippen LogP contribution in [0.5, 0.6) is 0 Å². The predicted octanol–water partition coefficient (Wildman–Crippen LogP) is 1.54. The second-order valence-electron chi connectivity index (χ2n) is 4.99. The molecular weight excluding hydrogens is 262 g/mol. The van der Waals surface area contributed by atoms with Gasteiger partial charge in [-0.15, -0.1) is 0 Å². The summed E-state index contributed by atoms with van der Waals surface area (Å²) < 4.78 is 26.2. The van der Waals surface area contributed by atoms with Crippen molar-refractivity contribution < 1.29 is 13.5 Å². The van der Waals surface area contributed by atoms with Crippen molar-refractivity contribution in [1.29, 1.82) is 0 Å². The zero-order valence-electron chi connectivity index (χ0n) is 11.2. The number of hydrogen-bond acceptors (Lipinski definition) is 3. The molecule has 2 rings (SSSR count). The first-order chi connectivity index (χ1) is 9.07. The fourth-order valence-corrected chi connectivity index (χ4v) is 3.79. The number of sulfonamides is 1. The number of hydrogen-bond donors (Lipinski definition) is 2. The number of rotatable bonds is 6. The van der Waals surface area contributed by atoms with Crippen LogP contribution in [0.1, 0.15) is 42.5 Å². The van der Waals surface area contributed by atoms with E-state index in [1.807, 2.05) is 12.1 Å². The third-order valence-electron chi connectivity index (χ3n) is 3.57. The fourth-order valence-electron chi connectivity index (χ4n) is 2.75. The molecule has 0 radical (unpaired) electrons. The van der Waals surface area contributed by atoms with Crippen LogP contribution in [0.25, 0.3) is 0 Å². The van der Waals surface area contributed by atoms with Gasteiger partial charge in [-0.05, 0) is 36.0 Å². The van der Waals surface area contributed by atoms with Crippen molar-refractivity contribution in [1.82, 2.24) is 4.72 Å². The molecule has 0 spiro atoms. The Morgan fingerprint density at radius 3 is 2.89 bits per heavy atom. The van der Waals surface area contributed by atoms with Gasteiger partial charge < -0.3 is 5.11 Å². The molecule has 2 N–H and O–H groups in total. The van der Waals surface area contributed by atoms with Crippen molar-refractivity contribution in [2.45, 2.75) is 38.6 Å². The topological polar surface area (TPSA) is 66.4 Å². The van der Waals surface area contributed by atoms with Crippen molar-refractivity contribution in [2.75, 3.05) is 12.4 Å². The van der Waals surface area contributed by atoms with Crippen LogP contribution in [0.2, 0.25) is 0 Å². The molecule has 0 bridgehead atoms. The molecule has 4 nitrogen and oxygen atoms in total. The van der Waals surface area contributed by atoms with Gasteiger partial charge >= 0.3 is 0 Å². The molecule has 0 fully saturated rings. The summed E-state index contributed by atoms with van der Waals surface area (Å²) in [5.74, 6) is -0.229. The number of aliphatic hydroxyl groups is 1. The Kier molecular flexibility index (Phi) is 4.60. The fraction of sp³-hybridized carbons (Fsp3) is 0.571. The minimum Gasteiger partial charge on any atom is -0.395 e. The summed E-state index contributed by atoms with van der Waals surface area (Å²) in [6.45, 7) is 1.81. The summed E-state index contributed by atoms with van der Waals surface area (Å²) in [6.07, 6.45) is 3.87. The van der Waals surface area contributed by atoms with Crippen LogP contribution < -0.4 is 4.72 Å². The van der Waals surface area contributed by atoms with E-state index in [0.717, 1.165) is 31.2 Å². The molecule has 1 atom stereocenters. The Hall–Kier alpha value is -0.910. The number of benzene rings is 1. The van der Waals surface area contributed by atoms with Gasteiger partial charge in [-0.3, -0.25) is 0 Å². The molecule has 0 aliphatic heterocycles. The molecule has 0 saturated carbocycles. The first-order valence-corrected chi connectivity index (χ1v) is 8.44. The van der Waals surface area contributed by atoms with Gasteiger partial charge in [0.15, 0.2) is 0 Å². The minimum absolute atomic E-state index is 0.136. The summed E-state index contributed by atoms with van der Waals surface area (Å²) >= 11 is 0. The predicted molar refractivity (Wildman–Crippen MR) is 75.5 cm³/mol. The Balaban J connectivity index is 2.21. The van der Waals surface area contributed by atoms with Gasteiger partial charge in [-0.2, -0.15) is 0 Å². The smallest absolute Gasteiger partial charge is 0.214 e. The van der Waals surface area contributed by atoms with Crippen molar-refractivity contribution in [3.05, 3.63) is 34.9 Å². The highest BCUT2D eigenvalue weighted by atomic mass is 32.2. The van der Waals surface area contributed by atoms with Gasteiger partial charge in [0.1, 0.15) is 0 Å². The average molecular weight is 283 g/mol. The van der Waals surface area contributed by atoms with Gasteiger partial charge in [0, 0.05) is 6.04 Å². The van der Waals surface area contributed by atoms with Gasteiger partial charge in [0.05, 0.1) is 12.4 Å². The van der Waals surface area contributed by atoms with Gasteiger partial charge in [0.2, 0.25) is 10.0 Å². The van der Waals surface area contributed by atoms with Crippen LogP contribution in [0.4, 0.5) is 0 Å². The number of fused-ring (bicyclic) bond motifs is 1. The van der Waals surface area contributed by atoms with E-state index in [1.54, 1.807) is 0 Å². The van der Waals surface area contributed by atoms with Gasteiger partial charge in [-0.1, -0.05) is 31.5 Å². The van der Waals surface area contributed by atoms with E-state index >= 15 is 0 Å². The van der Waals surface area contributed by atoms with E-state index in [-0.39, 0.29) is 18.4 Å². The zero-order chi connectivity index (χ0) is 13.9. The summed E-state index contributed by atoms with van der Waals surface area (Å²) in [6, 6.07) is 6.01. The molecule has 0 heterocycles. The normalized spacial score (nSPS) is 18.5. The third kappa shape index (κ3) is 3.35. The molecule has 1 aromatic rings. The number of aryl methyl sites for hydroxylation is 1. The minimum atomic E-state index is -3.38. The van der Waals surface area contributed by atoms with E-state index in [0.29, 0.717) is 0 Å². The summed E-state index contributed by atoms with van der Waals surface area (Å²) in [4.78, 5) is 0. The van der Waals surface area contributed by atoms with Crippen molar-refractivity contribution >= 4 is 10.0 Å². The Morgan fingerprint density at radius 2 is 2.21 bits per heavy atom. The monoisotopic (exact) mass is 283 g/mol. The van der Waals surface area contributed by atoms with Gasteiger partial charge in [0.25, 0.3) is 0 Å². The van der Waals surface area contributed by atoms with Crippen molar-refractivity contribution in [2.24, 2.45) is 0 Å². The first kappa shape index (κ1) is 14.5. The third-order valence-corrected chi connectivity index (χ3v) is 4.93. The van der Waals surface area contributed by atoms with Crippen molar-refractivity contribution in [3.63, 3.8) is 0 Å². The van der Waals surface area contributed by atoms with Crippen LogP contribution in [0.15, 0.2) is 18.2 Å². The van der Waals surface area contributed by atoms with Crippen LogP contribution >= 0.6 is 0 Å². The molecule has 0 saturated heterocycles. The highest BCUT2D eigenvalue weighted by molar-refractivity contribution is 7.89. The second-order valence-corrected chi connectivity index (χ2v) is 6.86. The standard InChI is InChI=1S/C14H21NO3S/c1-2-4-11-5-3-6-13-12(11)7-8-14(13)15-19(17,18)10-9-16/h3,5-6,14-16H,2,4,7-10H2,1H3. The SMILES string of the molecule is CCCc1cccc2c1CCC2NS(=O)(=O)CCO. The first-order valence-electron chi connectivity index (χ1n) is 6.79. The van der Waals surface area contributed by atoms with E-state index in [1.165, 1.54) is 11.1 Å². The molecule has 1 aliphatic rings. The van der Waals surface area contributed by atoms with E-state index in [9.17, 15) is 8.42 Å². The molecular formula is C14H21NO3S. The summed E-state index contributed by atoms with van der Waals surface area (Å²) in [5.41, 5.74) is 3.75. The molecule has 5 heteroatoms. The lowest BCUT2D eigenvalue weighted by Crippen LogP contribution is -2.30. The van der Waals surface area contributed by atoms with Crippen LogP contribution in [-0.2, 0) is 22.9 Å². The lowest BCUT2D eigenvalue weighted by atomic mass is 9.99. The summed E-state index contributed by atoms with van der Waals surface area (Å²) in [7, 11) is -3.38. The van der Waals surface area contributed by atoms with Crippen LogP contribution in [-0.4, -0.2) is 25.9 Å². The molecule has 106 valence electrons. The quantitative estimate of drug-likeness (QED) is 0.832. The lowest BCUT2D eigenvalue weighted by Gasteiger charge is -2.14. The highest BCUT2D eigenvalue weighted by Gasteiger charge is 2.27. The Labute approximate surface area is 114 Å². The van der Waals surface area contributed by atoms with Gasteiger partial charge in [-0.25, -0.2) is 13.1 Å². The lowest BCUT2D eigenvalue weighted by molar-refractivity contribution is 0.319. The molecule has 0 aromatic heterocycles. The summed E-state index contributed by atoms with van der Waals surface area (Å²) in [5, 5.41) is 8.77. The Bertz CT molecular complexity index is 540. The van der Waals surface area contributed by atoms with E-state index in [2.05, 4.69) is 17.7 Å². The number of aliphatic hydroxyl groups excluding tert-OH is 1. The maximum atomic E-state index is 11.7. The van der Waals surface area contributed by atoms with Crippen LogP contribution in [0, 0.1) is 0 Å². The van der Waals surface area contributed by atoms with Crippen molar-refractivity contribution in [3.8, 4) is 0 Å².